The summed E-state index contributed by atoms with van der Waals surface area (Å²) in [5.41, 5.74) is 1.09. The topological polar surface area (TPSA) is 46.5 Å². The Labute approximate surface area is 82.3 Å². The second-order valence-electron chi connectivity index (χ2n) is 2.71. The SMILES string of the molecule is Cc1cccc(OCC#CC(=O)O)c1. The van der Waals surface area contributed by atoms with Crippen LogP contribution in [0.4, 0.5) is 0 Å². The fourth-order valence-corrected chi connectivity index (χ4v) is 0.936. The summed E-state index contributed by atoms with van der Waals surface area (Å²) in [7, 11) is 0. The lowest BCUT2D eigenvalue weighted by Gasteiger charge is -2.01. The molecule has 0 aliphatic heterocycles. The highest BCUT2D eigenvalue weighted by Crippen LogP contribution is 2.11. The summed E-state index contributed by atoms with van der Waals surface area (Å²) in [6, 6.07) is 7.49. The third kappa shape index (κ3) is 3.63. The van der Waals surface area contributed by atoms with Crippen molar-refractivity contribution in [3.8, 4) is 17.6 Å². The number of aliphatic carboxylic acids is 1. The minimum Gasteiger partial charge on any atom is -0.481 e. The Morgan fingerprint density at radius 2 is 2.36 bits per heavy atom. The maximum Gasteiger partial charge on any atom is 0.382 e. The Morgan fingerprint density at radius 1 is 1.57 bits per heavy atom. The highest BCUT2D eigenvalue weighted by atomic mass is 16.5. The molecular weight excluding hydrogens is 180 g/mol. The minimum atomic E-state index is -1.14. The molecular formula is C11H10O3. The zero-order chi connectivity index (χ0) is 10.4. The van der Waals surface area contributed by atoms with Crippen molar-refractivity contribution in [1.82, 2.24) is 0 Å². The second-order valence-corrected chi connectivity index (χ2v) is 2.71. The van der Waals surface area contributed by atoms with Gasteiger partial charge in [-0.25, -0.2) is 4.79 Å². The van der Waals surface area contributed by atoms with Gasteiger partial charge in [0.25, 0.3) is 0 Å². The largest absolute Gasteiger partial charge is 0.481 e. The van der Waals surface area contributed by atoms with E-state index in [9.17, 15) is 4.79 Å². The third-order valence-electron chi connectivity index (χ3n) is 1.50. The molecule has 1 aromatic rings. The Hall–Kier alpha value is -1.95. The summed E-state index contributed by atoms with van der Waals surface area (Å²) in [5, 5.41) is 8.23. The summed E-state index contributed by atoms with van der Waals surface area (Å²) in [5.74, 6) is 3.91. The van der Waals surface area contributed by atoms with E-state index < -0.39 is 5.97 Å². The summed E-state index contributed by atoms with van der Waals surface area (Å²) < 4.78 is 5.20. The highest BCUT2D eigenvalue weighted by molar-refractivity contribution is 5.86. The van der Waals surface area contributed by atoms with Crippen LogP contribution < -0.4 is 4.74 Å². The van der Waals surface area contributed by atoms with Crippen LogP contribution in [0.2, 0.25) is 0 Å². The van der Waals surface area contributed by atoms with Gasteiger partial charge in [-0.3, -0.25) is 0 Å². The molecule has 0 fully saturated rings. The van der Waals surface area contributed by atoms with Crippen LogP contribution in [0, 0.1) is 18.8 Å². The van der Waals surface area contributed by atoms with Crippen molar-refractivity contribution < 1.29 is 14.6 Å². The Kier molecular flexibility index (Phi) is 3.57. The van der Waals surface area contributed by atoms with Crippen LogP contribution in [0.5, 0.6) is 5.75 Å². The Morgan fingerprint density at radius 3 is 3.00 bits per heavy atom. The zero-order valence-corrected chi connectivity index (χ0v) is 7.78. The summed E-state index contributed by atoms with van der Waals surface area (Å²) in [6.45, 7) is 2.05. The zero-order valence-electron chi connectivity index (χ0n) is 7.78. The number of benzene rings is 1. The predicted molar refractivity (Wildman–Crippen MR) is 52.1 cm³/mol. The van der Waals surface area contributed by atoms with Crippen LogP contribution >= 0.6 is 0 Å². The lowest BCUT2D eigenvalue weighted by atomic mass is 10.2. The number of ether oxygens (including phenoxy) is 1. The molecule has 0 heterocycles. The molecule has 0 aliphatic rings. The summed E-state index contributed by atoms with van der Waals surface area (Å²) in [6.07, 6.45) is 0. The van der Waals surface area contributed by atoms with E-state index in [4.69, 9.17) is 9.84 Å². The summed E-state index contributed by atoms with van der Waals surface area (Å²) >= 11 is 0. The van der Waals surface area contributed by atoms with Gasteiger partial charge >= 0.3 is 5.97 Å². The number of carbonyl (C=O) groups is 1. The monoisotopic (exact) mass is 190 g/mol. The molecule has 0 unspecified atom stereocenters. The maximum atomic E-state index is 10.0. The molecule has 0 spiro atoms. The highest BCUT2D eigenvalue weighted by Gasteiger charge is 1.91. The van der Waals surface area contributed by atoms with Crippen molar-refractivity contribution in [3.05, 3.63) is 29.8 Å². The van der Waals surface area contributed by atoms with Gasteiger partial charge in [0.15, 0.2) is 0 Å². The predicted octanol–water partition coefficient (Wildman–Crippen LogP) is 1.46. The number of carboxylic acids is 1. The number of hydrogen-bond donors (Lipinski definition) is 1. The quantitative estimate of drug-likeness (QED) is 0.718. The number of carboxylic acid groups (broad SMARTS) is 1. The van der Waals surface area contributed by atoms with Gasteiger partial charge in [0.1, 0.15) is 12.4 Å². The molecule has 3 heteroatoms. The van der Waals surface area contributed by atoms with Crippen molar-refractivity contribution in [2.75, 3.05) is 6.61 Å². The standard InChI is InChI=1S/C11H10O3/c1-9-4-2-5-10(8-9)14-7-3-6-11(12)13/h2,4-5,8H,7H2,1H3,(H,12,13). The molecule has 0 bridgehead atoms. The second kappa shape index (κ2) is 4.93. The molecule has 1 rings (SSSR count). The molecule has 0 aromatic heterocycles. The van der Waals surface area contributed by atoms with Gasteiger partial charge in [0.05, 0.1) is 0 Å². The smallest absolute Gasteiger partial charge is 0.382 e. The van der Waals surface area contributed by atoms with E-state index in [2.05, 4.69) is 5.92 Å². The van der Waals surface area contributed by atoms with E-state index in [1.165, 1.54) is 0 Å². The van der Waals surface area contributed by atoms with Gasteiger partial charge in [0, 0.05) is 5.92 Å². The average Bonchev–Trinajstić information content (AvgIpc) is 2.12. The Balaban J connectivity index is 2.47. The lowest BCUT2D eigenvalue weighted by molar-refractivity contribution is -0.130. The molecule has 0 saturated heterocycles. The van der Waals surface area contributed by atoms with E-state index in [1.807, 2.05) is 31.0 Å². The first-order chi connectivity index (χ1) is 6.68. The average molecular weight is 190 g/mol. The number of aryl methyl sites for hydroxylation is 1. The maximum absolute atomic E-state index is 10.0. The van der Waals surface area contributed by atoms with Crippen LogP contribution in [0.25, 0.3) is 0 Å². The van der Waals surface area contributed by atoms with Gasteiger partial charge < -0.3 is 9.84 Å². The molecule has 3 nitrogen and oxygen atoms in total. The number of rotatable bonds is 2. The lowest BCUT2D eigenvalue weighted by Crippen LogP contribution is -1.95. The van der Waals surface area contributed by atoms with Gasteiger partial charge in [0.2, 0.25) is 0 Å². The van der Waals surface area contributed by atoms with Crippen molar-refractivity contribution in [2.24, 2.45) is 0 Å². The van der Waals surface area contributed by atoms with E-state index in [-0.39, 0.29) is 6.61 Å². The van der Waals surface area contributed by atoms with Crippen LogP contribution in [-0.4, -0.2) is 17.7 Å². The first-order valence-electron chi connectivity index (χ1n) is 4.10. The van der Waals surface area contributed by atoms with Crippen LogP contribution in [-0.2, 0) is 4.79 Å². The minimum absolute atomic E-state index is 0.0930. The molecule has 0 atom stereocenters. The molecule has 0 radical (unpaired) electrons. The molecule has 0 saturated carbocycles. The van der Waals surface area contributed by atoms with Gasteiger partial charge in [-0.1, -0.05) is 12.1 Å². The van der Waals surface area contributed by atoms with E-state index in [0.29, 0.717) is 5.75 Å². The molecule has 1 aromatic carbocycles. The fraction of sp³-hybridized carbons (Fsp3) is 0.182. The van der Waals surface area contributed by atoms with Crippen LogP contribution in [0.1, 0.15) is 5.56 Å². The van der Waals surface area contributed by atoms with E-state index in [1.54, 1.807) is 6.07 Å². The molecule has 0 aliphatic carbocycles. The fourth-order valence-electron chi connectivity index (χ4n) is 0.936. The van der Waals surface area contributed by atoms with E-state index >= 15 is 0 Å². The van der Waals surface area contributed by atoms with Gasteiger partial charge in [-0.15, -0.1) is 0 Å². The molecule has 72 valence electrons. The first-order valence-corrected chi connectivity index (χ1v) is 4.10. The summed E-state index contributed by atoms with van der Waals surface area (Å²) in [4.78, 5) is 10.0. The van der Waals surface area contributed by atoms with Crippen LogP contribution in [0.15, 0.2) is 24.3 Å². The molecule has 14 heavy (non-hydrogen) atoms. The van der Waals surface area contributed by atoms with Gasteiger partial charge in [-0.2, -0.15) is 0 Å². The molecule has 1 N–H and O–H groups in total. The van der Waals surface area contributed by atoms with Crippen molar-refractivity contribution in [3.63, 3.8) is 0 Å². The van der Waals surface area contributed by atoms with Gasteiger partial charge in [-0.05, 0) is 30.5 Å². The Bertz CT molecular complexity index is 385. The number of hydrogen-bond acceptors (Lipinski definition) is 2. The molecule has 0 amide bonds. The van der Waals surface area contributed by atoms with Crippen molar-refractivity contribution in [1.29, 1.82) is 0 Å². The van der Waals surface area contributed by atoms with Crippen LogP contribution in [0.3, 0.4) is 0 Å². The van der Waals surface area contributed by atoms with E-state index in [0.717, 1.165) is 5.56 Å². The van der Waals surface area contributed by atoms with Crippen molar-refractivity contribution >= 4 is 5.97 Å². The third-order valence-corrected chi connectivity index (χ3v) is 1.50. The first kappa shape index (κ1) is 10.1. The normalized spacial score (nSPS) is 8.64. The van der Waals surface area contributed by atoms with Crippen molar-refractivity contribution in [2.45, 2.75) is 6.92 Å².